The second-order valence-electron chi connectivity index (χ2n) is 6.69. The Bertz CT molecular complexity index is 610. The predicted molar refractivity (Wildman–Crippen MR) is 103 cm³/mol. The van der Waals surface area contributed by atoms with E-state index in [0.29, 0.717) is 19.3 Å². The van der Waals surface area contributed by atoms with Crippen LogP contribution in [0.1, 0.15) is 24.8 Å². The zero-order chi connectivity index (χ0) is 17.8. The minimum absolute atomic E-state index is 0.0527. The fourth-order valence-electron chi connectivity index (χ4n) is 3.75. The molecule has 4 nitrogen and oxygen atoms in total. The van der Waals surface area contributed by atoms with E-state index in [1.165, 1.54) is 5.56 Å². The summed E-state index contributed by atoms with van der Waals surface area (Å²) in [4.78, 5) is 11.6. The van der Waals surface area contributed by atoms with Gasteiger partial charge in [-0.2, -0.15) is 0 Å². The molecular weight excluding hydrogens is 353 g/mol. The van der Waals surface area contributed by atoms with Crippen LogP contribution in [0.5, 0.6) is 0 Å². The average Bonchev–Trinajstić information content (AvgIpc) is 3.07. The Morgan fingerprint density at radius 3 is 2.92 bits per heavy atom. The highest BCUT2D eigenvalue weighted by atomic mass is 32.0. The molecule has 1 aromatic rings. The Balaban J connectivity index is 1.59. The molecule has 25 heavy (non-hydrogen) atoms. The number of fused-ring (bicyclic) bond motifs is 1. The summed E-state index contributed by atoms with van der Waals surface area (Å²) in [6.07, 6.45) is 5.73. The van der Waals surface area contributed by atoms with E-state index in [4.69, 9.17) is 16.8 Å². The van der Waals surface area contributed by atoms with Gasteiger partial charge in [-0.3, -0.25) is 4.79 Å². The van der Waals surface area contributed by atoms with Crippen molar-refractivity contribution in [3.05, 3.63) is 48.0 Å². The largest absolute Gasteiger partial charge is 0.462 e. The molecule has 2 fully saturated rings. The highest BCUT2D eigenvalue weighted by molar-refractivity contribution is 8.23. The first-order valence-electron chi connectivity index (χ1n) is 8.59. The number of esters is 1. The van der Waals surface area contributed by atoms with Gasteiger partial charge in [0, 0.05) is 18.3 Å². The lowest BCUT2D eigenvalue weighted by Gasteiger charge is -2.22. The van der Waals surface area contributed by atoms with Crippen molar-refractivity contribution in [2.45, 2.75) is 44.0 Å². The Labute approximate surface area is 153 Å². The molecule has 0 bridgehead atoms. The maximum Gasteiger partial charge on any atom is 0.306 e. The number of benzene rings is 1. The lowest BCUT2D eigenvalue weighted by Crippen LogP contribution is -2.20. The summed E-state index contributed by atoms with van der Waals surface area (Å²) in [7, 11) is 7.24. The lowest BCUT2D eigenvalue weighted by molar-refractivity contribution is -0.141. The monoisotopic (exact) mass is 376 g/mol. The third-order valence-corrected chi connectivity index (χ3v) is 5.81. The smallest absolute Gasteiger partial charge is 0.306 e. The van der Waals surface area contributed by atoms with Gasteiger partial charge < -0.3 is 14.4 Å². The minimum Gasteiger partial charge on any atom is -0.462 e. The number of aliphatic hydroxyl groups is 1. The third-order valence-electron chi connectivity index (χ3n) is 4.94. The van der Waals surface area contributed by atoms with Crippen LogP contribution in [-0.2, 0) is 20.5 Å². The number of aliphatic hydroxyl groups excluding tert-OH is 1. The molecule has 1 aliphatic carbocycles. The average molecular weight is 376 g/mol. The maximum atomic E-state index is 11.6. The van der Waals surface area contributed by atoms with Crippen molar-refractivity contribution in [2.24, 2.45) is 11.8 Å². The van der Waals surface area contributed by atoms with Crippen LogP contribution in [0.4, 0.5) is 0 Å². The molecule has 7 heteroatoms. The molecule has 3 rings (SSSR count). The highest BCUT2D eigenvalue weighted by Gasteiger charge is 2.49. The SMILES string of the molecule is [B]P(P)O[C@@H]1CC2OC(=O)C[C@@H]2[C@H]1/C=C/C(O)CCc1ccccc1. The first-order valence-corrected chi connectivity index (χ1v) is 11.5. The summed E-state index contributed by atoms with van der Waals surface area (Å²) in [5, 5.41) is 10.3. The normalized spacial score (nSPS) is 31.0. The van der Waals surface area contributed by atoms with E-state index in [-0.39, 0.29) is 30.0 Å². The molecule has 1 saturated carbocycles. The molecule has 1 heterocycles. The summed E-state index contributed by atoms with van der Waals surface area (Å²) in [5.74, 6) is 0.0318. The van der Waals surface area contributed by atoms with E-state index >= 15 is 0 Å². The summed E-state index contributed by atoms with van der Waals surface area (Å²) in [5.41, 5.74) is 1.21. The molecular formula is C18H23BO4P2. The van der Waals surface area contributed by atoms with Crippen LogP contribution >= 0.6 is 16.6 Å². The van der Waals surface area contributed by atoms with E-state index in [1.54, 1.807) is 0 Å². The van der Waals surface area contributed by atoms with Crippen molar-refractivity contribution in [3.8, 4) is 0 Å². The molecule has 1 saturated heterocycles. The van der Waals surface area contributed by atoms with Crippen LogP contribution < -0.4 is 0 Å². The quantitative estimate of drug-likeness (QED) is 0.344. The Kier molecular flexibility index (Phi) is 6.69. The number of hydrogen-bond donors (Lipinski definition) is 1. The number of carbonyl (C=O) groups excluding carboxylic acids is 1. The molecule has 0 spiro atoms. The van der Waals surface area contributed by atoms with Gasteiger partial charge in [0.25, 0.3) is 0 Å². The first-order chi connectivity index (χ1) is 12.0. The van der Waals surface area contributed by atoms with Crippen molar-refractivity contribution in [1.29, 1.82) is 0 Å². The minimum atomic E-state index is -1.05. The van der Waals surface area contributed by atoms with Crippen LogP contribution in [0.2, 0.25) is 0 Å². The van der Waals surface area contributed by atoms with Crippen molar-refractivity contribution >= 4 is 30.2 Å². The molecule has 7 atom stereocenters. The zero-order valence-corrected chi connectivity index (χ0v) is 16.1. The van der Waals surface area contributed by atoms with E-state index in [0.717, 1.165) is 6.42 Å². The second-order valence-corrected chi connectivity index (χ2v) is 9.15. The zero-order valence-electron chi connectivity index (χ0n) is 14.0. The molecule has 0 aromatic heterocycles. The molecule has 2 radical (unpaired) electrons. The van der Waals surface area contributed by atoms with E-state index in [9.17, 15) is 9.90 Å². The molecule has 1 N–H and O–H groups in total. The van der Waals surface area contributed by atoms with Gasteiger partial charge in [0.2, 0.25) is 0 Å². The van der Waals surface area contributed by atoms with Gasteiger partial charge in [0.1, 0.15) is 6.10 Å². The van der Waals surface area contributed by atoms with Crippen molar-refractivity contribution in [3.63, 3.8) is 0 Å². The lowest BCUT2D eigenvalue weighted by atomic mass is 9.91. The molecule has 1 aromatic carbocycles. The van der Waals surface area contributed by atoms with Gasteiger partial charge in [-0.25, -0.2) is 0 Å². The first kappa shape index (κ1) is 19.0. The number of rotatable bonds is 7. The van der Waals surface area contributed by atoms with E-state index in [2.05, 4.69) is 21.1 Å². The molecule has 132 valence electrons. The van der Waals surface area contributed by atoms with Crippen LogP contribution in [0.15, 0.2) is 42.5 Å². The molecule has 1 aliphatic heterocycles. The molecule has 4 unspecified atom stereocenters. The summed E-state index contributed by atoms with van der Waals surface area (Å²) in [6.45, 7) is 0. The van der Waals surface area contributed by atoms with Gasteiger partial charge in [-0.1, -0.05) is 51.4 Å². The van der Waals surface area contributed by atoms with Crippen LogP contribution in [0.3, 0.4) is 0 Å². The molecule has 2 aliphatic rings. The number of ether oxygens (including phenoxy) is 1. The van der Waals surface area contributed by atoms with E-state index in [1.807, 2.05) is 30.4 Å². The predicted octanol–water partition coefficient (Wildman–Crippen LogP) is 3.14. The van der Waals surface area contributed by atoms with Crippen molar-refractivity contribution in [2.75, 3.05) is 0 Å². The number of carbonyl (C=O) groups is 1. The number of aryl methyl sites for hydroxylation is 1. The second kappa shape index (κ2) is 8.78. The van der Waals surface area contributed by atoms with Crippen LogP contribution in [-0.4, -0.2) is 37.0 Å². The van der Waals surface area contributed by atoms with Gasteiger partial charge in [0.15, 0.2) is 7.57 Å². The Morgan fingerprint density at radius 2 is 2.20 bits per heavy atom. The van der Waals surface area contributed by atoms with Gasteiger partial charge in [-0.15, -0.1) is 0 Å². The molecule has 0 amide bonds. The summed E-state index contributed by atoms with van der Waals surface area (Å²) >= 11 is 0. The van der Waals surface area contributed by atoms with E-state index < -0.39 is 13.8 Å². The summed E-state index contributed by atoms with van der Waals surface area (Å²) < 4.78 is 11.2. The topological polar surface area (TPSA) is 55.8 Å². The van der Waals surface area contributed by atoms with Crippen molar-refractivity contribution < 1.29 is 19.2 Å². The summed E-state index contributed by atoms with van der Waals surface area (Å²) in [6, 6.07) is 10.1. The highest BCUT2D eigenvalue weighted by Crippen LogP contribution is 2.50. The van der Waals surface area contributed by atoms with Crippen LogP contribution in [0, 0.1) is 11.8 Å². The van der Waals surface area contributed by atoms with Crippen molar-refractivity contribution in [1.82, 2.24) is 0 Å². The maximum absolute atomic E-state index is 11.6. The number of hydrogen-bond acceptors (Lipinski definition) is 4. The Hall–Kier alpha value is -0.725. The Morgan fingerprint density at radius 1 is 1.44 bits per heavy atom. The fraction of sp³-hybridized carbons (Fsp3) is 0.500. The van der Waals surface area contributed by atoms with Gasteiger partial charge in [-0.05, 0) is 26.1 Å². The third kappa shape index (κ3) is 5.14. The fourth-order valence-corrected chi connectivity index (χ4v) is 4.75. The van der Waals surface area contributed by atoms with Gasteiger partial charge >= 0.3 is 5.97 Å². The van der Waals surface area contributed by atoms with Gasteiger partial charge in [0.05, 0.1) is 18.6 Å². The van der Waals surface area contributed by atoms with Crippen LogP contribution in [0.25, 0.3) is 0 Å². The standard InChI is InChI=1S/C18H23BO4P2/c19-25(24)23-17-11-16-15(10-18(21)22-16)14(17)9-8-13(20)7-6-12-4-2-1-3-5-12/h1-5,8-9,13-17,20H,6-7,10-11,24H2/b9-8+/t13?,14-,15-,16?,17-,25?/m1/s1.